The highest BCUT2D eigenvalue weighted by Gasteiger charge is 2.21. The molecule has 1 N–H and O–H groups in total. The molecule has 0 atom stereocenters. The average Bonchev–Trinajstić information content (AvgIpc) is 2.73. The normalized spacial score (nSPS) is 15.0. The molecule has 0 aromatic carbocycles. The molecule has 0 spiro atoms. The van der Waals surface area contributed by atoms with Crippen molar-refractivity contribution in [3.05, 3.63) is 42.4 Å². The van der Waals surface area contributed by atoms with Crippen molar-refractivity contribution in [1.29, 1.82) is 0 Å². The lowest BCUT2D eigenvalue weighted by molar-refractivity contribution is 0.323. The van der Waals surface area contributed by atoms with Crippen LogP contribution in [0.4, 0.5) is 5.95 Å². The summed E-state index contributed by atoms with van der Waals surface area (Å²) in [6.45, 7) is 9.47. The number of rotatable bonds is 6. The Labute approximate surface area is 160 Å². The van der Waals surface area contributed by atoms with E-state index in [0.29, 0.717) is 19.0 Å². The van der Waals surface area contributed by atoms with E-state index in [0.717, 1.165) is 50.2 Å². The van der Waals surface area contributed by atoms with Crippen LogP contribution in [-0.2, 0) is 6.54 Å². The van der Waals surface area contributed by atoms with Gasteiger partial charge in [-0.3, -0.25) is 0 Å². The zero-order valence-corrected chi connectivity index (χ0v) is 16.0. The maximum absolute atomic E-state index is 5.60. The third-order valence-corrected chi connectivity index (χ3v) is 4.28. The molecule has 1 fully saturated rings. The predicted molar refractivity (Wildman–Crippen MR) is 106 cm³/mol. The number of nitrogens with one attached hydrogen (secondary N) is 1. The van der Waals surface area contributed by atoms with E-state index in [9.17, 15) is 0 Å². The van der Waals surface area contributed by atoms with Gasteiger partial charge in [0.05, 0.1) is 13.2 Å². The molecule has 0 aliphatic carbocycles. The van der Waals surface area contributed by atoms with Crippen LogP contribution in [0.25, 0.3) is 0 Å². The van der Waals surface area contributed by atoms with Crippen LogP contribution in [0.2, 0.25) is 0 Å². The molecule has 1 saturated heterocycles. The molecular weight excluding hydrogens is 342 g/mol. The van der Waals surface area contributed by atoms with Crippen molar-refractivity contribution in [3.8, 4) is 5.88 Å². The molecule has 2 aromatic rings. The molecule has 0 amide bonds. The van der Waals surface area contributed by atoms with Crippen molar-refractivity contribution >= 4 is 11.9 Å². The third-order valence-electron chi connectivity index (χ3n) is 4.28. The largest absolute Gasteiger partial charge is 0.478 e. The summed E-state index contributed by atoms with van der Waals surface area (Å²) in [5.74, 6) is 2.36. The summed E-state index contributed by atoms with van der Waals surface area (Å²) >= 11 is 0. The Morgan fingerprint density at radius 1 is 1.07 bits per heavy atom. The quantitative estimate of drug-likeness (QED) is 0.611. The maximum Gasteiger partial charge on any atom is 0.225 e. The molecule has 144 valence electrons. The summed E-state index contributed by atoms with van der Waals surface area (Å²) in [4.78, 5) is 22.3. The topological polar surface area (TPSA) is 78.8 Å². The molecule has 8 heteroatoms. The molecule has 3 heterocycles. The van der Waals surface area contributed by atoms with Crippen LogP contribution in [0.1, 0.15) is 19.4 Å². The van der Waals surface area contributed by atoms with Gasteiger partial charge in [-0.25, -0.2) is 19.9 Å². The Kier molecular flexibility index (Phi) is 6.78. The molecular formula is C19H27N7O. The van der Waals surface area contributed by atoms with Gasteiger partial charge in [0.15, 0.2) is 5.96 Å². The second-order valence-corrected chi connectivity index (χ2v) is 6.09. The second kappa shape index (κ2) is 9.70. The molecule has 0 unspecified atom stereocenters. The van der Waals surface area contributed by atoms with Gasteiger partial charge in [0.25, 0.3) is 0 Å². The smallest absolute Gasteiger partial charge is 0.225 e. The van der Waals surface area contributed by atoms with Crippen molar-refractivity contribution in [2.45, 2.75) is 20.4 Å². The van der Waals surface area contributed by atoms with Gasteiger partial charge in [0.2, 0.25) is 11.8 Å². The summed E-state index contributed by atoms with van der Waals surface area (Å²) in [7, 11) is 0. The Hall–Kier alpha value is -2.90. The van der Waals surface area contributed by atoms with Gasteiger partial charge in [0.1, 0.15) is 0 Å². The van der Waals surface area contributed by atoms with Crippen LogP contribution in [0.5, 0.6) is 5.88 Å². The fourth-order valence-electron chi connectivity index (χ4n) is 2.97. The average molecular weight is 369 g/mol. The van der Waals surface area contributed by atoms with E-state index in [1.807, 2.05) is 25.1 Å². The summed E-state index contributed by atoms with van der Waals surface area (Å²) < 4.78 is 5.60. The maximum atomic E-state index is 5.60. The summed E-state index contributed by atoms with van der Waals surface area (Å²) in [5, 5.41) is 3.39. The lowest BCUT2D eigenvalue weighted by atomic mass is 10.3. The zero-order chi connectivity index (χ0) is 18.9. The number of ether oxygens (including phenoxy) is 1. The van der Waals surface area contributed by atoms with E-state index >= 15 is 0 Å². The molecule has 2 aromatic heterocycles. The van der Waals surface area contributed by atoms with Crippen molar-refractivity contribution in [2.75, 3.05) is 44.2 Å². The first-order valence-corrected chi connectivity index (χ1v) is 9.43. The van der Waals surface area contributed by atoms with Gasteiger partial charge in [-0.2, -0.15) is 0 Å². The number of nitrogens with zero attached hydrogens (tertiary/aromatic N) is 6. The highest BCUT2D eigenvalue weighted by Crippen LogP contribution is 2.16. The first-order chi connectivity index (χ1) is 13.3. The van der Waals surface area contributed by atoms with E-state index < -0.39 is 0 Å². The van der Waals surface area contributed by atoms with Gasteiger partial charge in [-0.05, 0) is 26.0 Å². The second-order valence-electron chi connectivity index (χ2n) is 6.09. The van der Waals surface area contributed by atoms with Gasteiger partial charge in [0, 0.05) is 56.9 Å². The van der Waals surface area contributed by atoms with E-state index in [1.165, 1.54) is 0 Å². The highest BCUT2D eigenvalue weighted by atomic mass is 16.5. The summed E-state index contributed by atoms with van der Waals surface area (Å²) in [6.07, 6.45) is 5.31. The first-order valence-electron chi connectivity index (χ1n) is 9.43. The molecule has 1 aliphatic rings. The summed E-state index contributed by atoms with van der Waals surface area (Å²) in [6, 6.07) is 5.76. The molecule has 3 rings (SSSR count). The molecule has 0 radical (unpaired) electrons. The fourth-order valence-corrected chi connectivity index (χ4v) is 2.97. The van der Waals surface area contributed by atoms with E-state index in [4.69, 9.17) is 9.73 Å². The predicted octanol–water partition coefficient (Wildman–Crippen LogP) is 1.56. The molecule has 1 aliphatic heterocycles. The minimum absolute atomic E-state index is 0.535. The van der Waals surface area contributed by atoms with E-state index in [-0.39, 0.29) is 0 Å². The van der Waals surface area contributed by atoms with E-state index in [1.54, 1.807) is 18.6 Å². The fraction of sp³-hybridized carbons (Fsp3) is 0.474. The van der Waals surface area contributed by atoms with Crippen LogP contribution in [0, 0.1) is 0 Å². The van der Waals surface area contributed by atoms with Gasteiger partial charge >= 0.3 is 0 Å². The first kappa shape index (κ1) is 18.9. The Morgan fingerprint density at radius 3 is 2.52 bits per heavy atom. The number of aromatic nitrogens is 3. The van der Waals surface area contributed by atoms with Crippen LogP contribution in [-0.4, -0.2) is 65.1 Å². The Bertz CT molecular complexity index is 730. The molecule has 8 nitrogen and oxygen atoms in total. The van der Waals surface area contributed by atoms with Crippen LogP contribution >= 0.6 is 0 Å². The van der Waals surface area contributed by atoms with Crippen molar-refractivity contribution in [2.24, 2.45) is 4.99 Å². The standard InChI is InChI=1S/C19H27N7O/c1-3-20-18(24-15-16-7-5-8-21-17(16)27-4-2)25-11-13-26(14-12-25)19-22-9-6-10-23-19/h5-10H,3-4,11-15H2,1-2H3,(H,20,24). The monoisotopic (exact) mass is 369 g/mol. The number of hydrogen-bond acceptors (Lipinski definition) is 6. The molecule has 0 bridgehead atoms. The van der Waals surface area contributed by atoms with Crippen LogP contribution < -0.4 is 15.0 Å². The van der Waals surface area contributed by atoms with E-state index in [2.05, 4.69) is 37.0 Å². The summed E-state index contributed by atoms with van der Waals surface area (Å²) in [5.41, 5.74) is 0.992. The Balaban J connectivity index is 1.65. The lowest BCUT2D eigenvalue weighted by Crippen LogP contribution is -2.53. The number of piperazine rings is 1. The number of guanidine groups is 1. The molecule has 27 heavy (non-hydrogen) atoms. The van der Waals surface area contributed by atoms with Crippen LogP contribution in [0.15, 0.2) is 41.8 Å². The van der Waals surface area contributed by atoms with Gasteiger partial charge in [-0.15, -0.1) is 0 Å². The van der Waals surface area contributed by atoms with Crippen LogP contribution in [0.3, 0.4) is 0 Å². The number of aliphatic imine (C=N–C) groups is 1. The number of anilines is 1. The van der Waals surface area contributed by atoms with Gasteiger partial charge in [-0.1, -0.05) is 6.07 Å². The lowest BCUT2D eigenvalue weighted by Gasteiger charge is -2.36. The number of pyridine rings is 1. The Morgan fingerprint density at radius 2 is 1.81 bits per heavy atom. The third kappa shape index (κ3) is 5.06. The van der Waals surface area contributed by atoms with Crippen molar-refractivity contribution in [3.63, 3.8) is 0 Å². The van der Waals surface area contributed by atoms with Crippen molar-refractivity contribution in [1.82, 2.24) is 25.2 Å². The van der Waals surface area contributed by atoms with Crippen molar-refractivity contribution < 1.29 is 4.74 Å². The molecule has 0 saturated carbocycles. The minimum atomic E-state index is 0.535. The SMILES string of the molecule is CCNC(=NCc1cccnc1OCC)N1CCN(c2ncccn2)CC1. The number of hydrogen-bond donors (Lipinski definition) is 1. The zero-order valence-electron chi connectivity index (χ0n) is 16.0. The minimum Gasteiger partial charge on any atom is -0.478 e. The van der Waals surface area contributed by atoms with Gasteiger partial charge < -0.3 is 19.9 Å². The highest BCUT2D eigenvalue weighted by molar-refractivity contribution is 5.80.